The molecule has 0 spiro atoms. The molecular formula is C60H49F27N2O8. The number of carbonyl (C=O) groups excluding carboxylic acids is 3. The molecule has 0 unspecified atom stereocenters. The van der Waals surface area contributed by atoms with Crippen LogP contribution in [0.15, 0.2) is 133 Å². The summed E-state index contributed by atoms with van der Waals surface area (Å²) in [5, 5.41) is 1.55. The zero-order chi connectivity index (χ0) is 73.3. The van der Waals surface area contributed by atoms with Crippen molar-refractivity contribution < 1.29 is 157 Å². The summed E-state index contributed by atoms with van der Waals surface area (Å²) in [4.78, 5) is 32.8. The third-order valence-corrected chi connectivity index (χ3v) is 12.4. The summed E-state index contributed by atoms with van der Waals surface area (Å²) in [6.45, 7) is 6.38. The maximum absolute atomic E-state index is 14.8. The van der Waals surface area contributed by atoms with Crippen molar-refractivity contribution in [2.75, 3.05) is 0 Å². The highest BCUT2D eigenvalue weighted by Crippen LogP contribution is 2.45. The zero-order valence-corrected chi connectivity index (χ0v) is 48.5. The Morgan fingerprint density at radius 3 is 1.23 bits per heavy atom. The standard InChI is InChI=1S/C28H22F11NO3.C25H23F6NO2.C6F10O3.CH4/c1-15(2)42-22-12-17(8-9-21(22)30)25(14-16-6-4-3-5-7-16,40-24(41)26(33,34)28(37,38)39)18-10-19(29)13-20(11-18)43-27(35,36)23(31)32;1-15(2)33-22-9-8-17(12-21(22)27)24(32,14-16-6-4-3-5-7-16)18-10-19(26)13-20(11-18)34-25(30,31)23(28)29;7-3(8,5(11,12)13)1(17)19-2(18)4(9,10)6(14,15)16;/h3-13,15,23H,14H2,1-2H3,(H,40,41);3-13,15,23H,14,32H2,1-2H3;;1H4/t25-;24-;;/m11../s1. The molecule has 0 aromatic heterocycles. The number of nitrogens with one attached hydrogen (secondary N) is 1. The molecule has 6 aromatic carbocycles. The Morgan fingerprint density at radius 1 is 0.433 bits per heavy atom. The molecule has 0 saturated carbocycles. The Morgan fingerprint density at radius 2 is 0.825 bits per heavy atom. The molecule has 0 radical (unpaired) electrons. The van der Waals surface area contributed by atoms with E-state index in [2.05, 4.69) is 14.2 Å². The molecule has 1 amide bonds. The molecule has 0 aliphatic rings. The highest BCUT2D eigenvalue weighted by molar-refractivity contribution is 5.93. The van der Waals surface area contributed by atoms with E-state index in [4.69, 9.17) is 15.2 Å². The highest BCUT2D eigenvalue weighted by atomic mass is 19.4. The summed E-state index contributed by atoms with van der Waals surface area (Å²) in [5.74, 6) is -36.6. The summed E-state index contributed by atoms with van der Waals surface area (Å²) in [6.07, 6.45) is -40.0. The predicted octanol–water partition coefficient (Wildman–Crippen LogP) is 17.3. The van der Waals surface area contributed by atoms with Crippen molar-refractivity contribution in [3.8, 4) is 23.0 Å². The molecule has 0 aliphatic carbocycles. The highest BCUT2D eigenvalue weighted by Gasteiger charge is 2.70. The summed E-state index contributed by atoms with van der Waals surface area (Å²) >= 11 is 0. The minimum absolute atomic E-state index is 0. The van der Waals surface area contributed by atoms with Crippen molar-refractivity contribution in [2.24, 2.45) is 5.73 Å². The lowest BCUT2D eigenvalue weighted by Gasteiger charge is -2.38. The Balaban J connectivity index is 0.000000405. The van der Waals surface area contributed by atoms with Gasteiger partial charge in [0.15, 0.2) is 23.1 Å². The number of esters is 2. The number of carbonyl (C=O) groups is 3. The summed E-state index contributed by atoms with van der Waals surface area (Å²) in [7, 11) is 0. The Bertz CT molecular complexity index is 3590. The first-order valence-corrected chi connectivity index (χ1v) is 26.3. The molecule has 37 heteroatoms. The van der Waals surface area contributed by atoms with Crippen LogP contribution < -0.4 is 30.0 Å². The first-order chi connectivity index (χ1) is 43.7. The van der Waals surface area contributed by atoms with Crippen LogP contribution in [-0.2, 0) is 43.0 Å². The summed E-state index contributed by atoms with van der Waals surface area (Å²) < 4.78 is 371. The quantitative estimate of drug-likeness (QED) is 0.0387. The smallest absolute Gasteiger partial charge is 0.465 e. The number of alkyl halides is 23. The van der Waals surface area contributed by atoms with Gasteiger partial charge in [0.1, 0.15) is 23.1 Å². The van der Waals surface area contributed by atoms with Crippen LogP contribution in [-0.4, -0.2) is 91.4 Å². The number of halogens is 27. The van der Waals surface area contributed by atoms with E-state index in [0.717, 1.165) is 30.3 Å². The Kier molecular flexibility index (Phi) is 26.5. The second-order valence-corrected chi connectivity index (χ2v) is 20.5. The first kappa shape index (κ1) is 82.4. The van der Waals surface area contributed by atoms with Crippen LogP contribution in [0.1, 0.15) is 68.5 Å². The van der Waals surface area contributed by atoms with Gasteiger partial charge in [0.05, 0.1) is 23.3 Å². The van der Waals surface area contributed by atoms with Gasteiger partial charge in [0, 0.05) is 18.6 Å². The van der Waals surface area contributed by atoms with Gasteiger partial charge in [-0.1, -0.05) is 80.2 Å². The van der Waals surface area contributed by atoms with Gasteiger partial charge in [-0.15, -0.1) is 0 Å². The molecule has 536 valence electrons. The van der Waals surface area contributed by atoms with Crippen molar-refractivity contribution in [1.29, 1.82) is 0 Å². The van der Waals surface area contributed by atoms with Gasteiger partial charge in [0.2, 0.25) is 0 Å². The van der Waals surface area contributed by atoms with E-state index in [1.165, 1.54) is 56.3 Å². The summed E-state index contributed by atoms with van der Waals surface area (Å²) in [5.41, 5.74) is 1.94. The minimum Gasteiger partial charge on any atom is -0.488 e. The van der Waals surface area contributed by atoms with E-state index >= 15 is 0 Å². The molecule has 0 bridgehead atoms. The number of benzene rings is 6. The average molecular weight is 1440 g/mol. The maximum atomic E-state index is 14.8. The van der Waals surface area contributed by atoms with Gasteiger partial charge in [-0.2, -0.15) is 101 Å². The molecule has 2 atom stereocenters. The molecule has 3 N–H and O–H groups in total. The lowest BCUT2D eigenvalue weighted by molar-refractivity contribution is -0.292. The Labute approximate surface area is 530 Å². The number of hydrogen-bond acceptors (Lipinski definition) is 9. The van der Waals surface area contributed by atoms with Gasteiger partial charge in [0.25, 0.3) is 0 Å². The fraction of sp³-hybridized carbons (Fsp3) is 0.350. The average Bonchev–Trinajstić information content (AvgIpc) is 0.755. The third kappa shape index (κ3) is 20.6. The SMILES string of the molecule is C.CC(C)Oc1cc([C@@](Cc2ccccc2)(NC(=O)C(F)(F)C(F)(F)F)c2cc(F)cc(OC(F)(F)C(F)F)c2)ccc1F.CC(C)Oc1ccc([C@](N)(Cc2ccccc2)c2cc(F)cc(OC(F)(F)C(F)F)c2)cc1F.O=C(OC(=O)C(F)(F)C(F)(F)F)C(F)(F)C(F)(F)F. The fourth-order valence-electron chi connectivity index (χ4n) is 7.99. The van der Waals surface area contributed by atoms with Crippen LogP contribution in [0.4, 0.5) is 119 Å². The first-order valence-electron chi connectivity index (χ1n) is 26.3. The van der Waals surface area contributed by atoms with Crippen LogP contribution in [0.25, 0.3) is 0 Å². The molecule has 6 aromatic rings. The van der Waals surface area contributed by atoms with E-state index in [0.29, 0.717) is 29.8 Å². The number of rotatable bonds is 22. The summed E-state index contributed by atoms with van der Waals surface area (Å²) in [6, 6.07) is 25.6. The van der Waals surface area contributed by atoms with Gasteiger partial charge >= 0.3 is 79.2 Å². The number of amides is 1. The predicted molar refractivity (Wildman–Crippen MR) is 285 cm³/mol. The van der Waals surface area contributed by atoms with Gasteiger partial charge < -0.3 is 34.7 Å². The molecule has 0 aliphatic heterocycles. The number of ether oxygens (including phenoxy) is 5. The monoisotopic (exact) mass is 1440 g/mol. The molecule has 10 nitrogen and oxygen atoms in total. The van der Waals surface area contributed by atoms with E-state index < -0.39 is 154 Å². The van der Waals surface area contributed by atoms with E-state index in [9.17, 15) is 133 Å². The fourth-order valence-corrected chi connectivity index (χ4v) is 7.99. The Hall–Kier alpha value is -8.80. The van der Waals surface area contributed by atoms with Crippen LogP contribution >= 0.6 is 0 Å². The molecule has 0 saturated heterocycles. The molecule has 0 heterocycles. The van der Waals surface area contributed by atoms with Gasteiger partial charge in [-0.25, -0.2) is 27.2 Å². The van der Waals surface area contributed by atoms with Crippen LogP contribution in [0, 0.1) is 23.3 Å². The lowest BCUT2D eigenvalue weighted by atomic mass is 9.77. The normalized spacial score (nSPS) is 13.8. The number of hydrogen-bond donors (Lipinski definition) is 2. The second-order valence-electron chi connectivity index (χ2n) is 20.5. The lowest BCUT2D eigenvalue weighted by Crippen LogP contribution is -2.58. The topological polar surface area (TPSA) is 135 Å². The van der Waals surface area contributed by atoms with Crippen LogP contribution in [0.2, 0.25) is 0 Å². The molecule has 6 rings (SSSR count). The number of nitrogens with two attached hydrogens (primary N) is 1. The third-order valence-electron chi connectivity index (χ3n) is 12.4. The van der Waals surface area contributed by atoms with Crippen molar-refractivity contribution >= 4 is 17.8 Å². The molecule has 0 fully saturated rings. The van der Waals surface area contributed by atoms with Crippen molar-refractivity contribution in [1.82, 2.24) is 5.32 Å². The zero-order valence-electron chi connectivity index (χ0n) is 48.5. The van der Waals surface area contributed by atoms with Crippen molar-refractivity contribution in [2.45, 2.75) is 133 Å². The molecular weight excluding hydrogens is 1390 g/mol. The van der Waals surface area contributed by atoms with E-state index in [1.807, 2.05) is 0 Å². The van der Waals surface area contributed by atoms with Crippen LogP contribution in [0.5, 0.6) is 23.0 Å². The minimum atomic E-state index is -6.63. The van der Waals surface area contributed by atoms with Crippen LogP contribution in [0.3, 0.4) is 0 Å². The molecule has 97 heavy (non-hydrogen) atoms. The van der Waals surface area contributed by atoms with Crippen molar-refractivity contribution in [3.05, 3.63) is 190 Å². The maximum Gasteiger partial charge on any atom is 0.465 e. The second kappa shape index (κ2) is 31.2. The van der Waals surface area contributed by atoms with Crippen molar-refractivity contribution in [3.63, 3.8) is 0 Å². The van der Waals surface area contributed by atoms with Gasteiger partial charge in [-0.05, 0) is 116 Å². The van der Waals surface area contributed by atoms with E-state index in [-0.39, 0.29) is 48.5 Å². The largest absolute Gasteiger partial charge is 0.488 e. The van der Waals surface area contributed by atoms with Gasteiger partial charge in [-0.3, -0.25) is 4.79 Å². The van der Waals surface area contributed by atoms with E-state index in [1.54, 1.807) is 49.5 Å².